The molecular formula is C13H18O2S. The van der Waals surface area contributed by atoms with Crippen molar-refractivity contribution in [3.8, 4) is 0 Å². The third kappa shape index (κ3) is 4.81. The number of carbonyl (C=O) groups is 1. The number of benzene rings is 1. The molecule has 16 heavy (non-hydrogen) atoms. The number of thioether (sulfide) groups is 1. The first kappa shape index (κ1) is 13.3. The minimum absolute atomic E-state index is 0.214. The van der Waals surface area contributed by atoms with Crippen molar-refractivity contribution in [1.29, 1.82) is 0 Å². The van der Waals surface area contributed by atoms with E-state index in [9.17, 15) is 4.79 Å². The molecule has 0 radical (unpaired) electrons. The van der Waals surface area contributed by atoms with Gasteiger partial charge in [-0.1, -0.05) is 23.8 Å². The van der Waals surface area contributed by atoms with Crippen LogP contribution in [-0.2, 0) is 4.74 Å². The molecule has 0 atom stereocenters. The number of ether oxygens (including phenoxy) is 1. The summed E-state index contributed by atoms with van der Waals surface area (Å²) in [4.78, 5) is 11.8. The highest BCUT2D eigenvalue weighted by molar-refractivity contribution is 7.99. The van der Waals surface area contributed by atoms with Gasteiger partial charge < -0.3 is 4.74 Å². The molecule has 0 N–H and O–H groups in total. The van der Waals surface area contributed by atoms with Crippen LogP contribution in [0.1, 0.15) is 22.3 Å². The molecule has 0 aliphatic carbocycles. The van der Waals surface area contributed by atoms with E-state index in [2.05, 4.69) is 0 Å². The fourth-order valence-electron chi connectivity index (χ4n) is 1.37. The van der Waals surface area contributed by atoms with Crippen LogP contribution in [0.2, 0.25) is 0 Å². The van der Waals surface area contributed by atoms with Crippen molar-refractivity contribution in [2.75, 3.05) is 25.2 Å². The molecule has 0 bridgehead atoms. The van der Waals surface area contributed by atoms with Crippen molar-refractivity contribution in [3.05, 3.63) is 35.4 Å². The first-order valence-electron chi connectivity index (χ1n) is 5.40. The number of carbonyl (C=O) groups excluding carboxylic acids is 1. The lowest BCUT2D eigenvalue weighted by Crippen LogP contribution is -2.03. The van der Waals surface area contributed by atoms with Gasteiger partial charge in [0, 0.05) is 19.3 Å². The van der Waals surface area contributed by atoms with E-state index in [1.807, 2.05) is 31.2 Å². The largest absolute Gasteiger partial charge is 0.385 e. The van der Waals surface area contributed by atoms with Crippen molar-refractivity contribution in [1.82, 2.24) is 0 Å². The lowest BCUT2D eigenvalue weighted by molar-refractivity contribution is 0.102. The second kappa shape index (κ2) is 7.47. The van der Waals surface area contributed by atoms with Crippen molar-refractivity contribution in [2.24, 2.45) is 0 Å². The first-order valence-corrected chi connectivity index (χ1v) is 6.56. The third-order valence-electron chi connectivity index (χ3n) is 2.21. The SMILES string of the molecule is COCCCSCC(=O)c1cccc(C)c1. The van der Waals surface area contributed by atoms with E-state index in [-0.39, 0.29) is 5.78 Å². The van der Waals surface area contributed by atoms with Crippen molar-refractivity contribution in [3.63, 3.8) is 0 Å². The van der Waals surface area contributed by atoms with Crippen LogP contribution in [0.4, 0.5) is 0 Å². The minimum atomic E-state index is 0.214. The summed E-state index contributed by atoms with van der Waals surface area (Å²) in [7, 11) is 1.70. The molecule has 88 valence electrons. The van der Waals surface area contributed by atoms with Gasteiger partial charge in [-0.3, -0.25) is 4.79 Å². The molecule has 0 unspecified atom stereocenters. The van der Waals surface area contributed by atoms with E-state index in [0.29, 0.717) is 5.75 Å². The van der Waals surface area contributed by atoms with Gasteiger partial charge in [0.25, 0.3) is 0 Å². The number of rotatable bonds is 7. The molecule has 0 saturated heterocycles. The average Bonchev–Trinajstić information content (AvgIpc) is 2.28. The van der Waals surface area contributed by atoms with Crippen LogP contribution in [0.5, 0.6) is 0 Å². The molecule has 0 spiro atoms. The zero-order valence-electron chi connectivity index (χ0n) is 9.86. The Bertz CT molecular complexity index is 336. The van der Waals surface area contributed by atoms with Gasteiger partial charge in [-0.2, -0.15) is 11.8 Å². The van der Waals surface area contributed by atoms with Crippen molar-refractivity contribution >= 4 is 17.5 Å². The predicted molar refractivity (Wildman–Crippen MR) is 69.3 cm³/mol. The van der Waals surface area contributed by atoms with Gasteiger partial charge >= 0.3 is 0 Å². The summed E-state index contributed by atoms with van der Waals surface area (Å²) in [6.45, 7) is 2.77. The van der Waals surface area contributed by atoms with Gasteiger partial charge in [0.15, 0.2) is 5.78 Å². The van der Waals surface area contributed by atoms with Gasteiger partial charge in [-0.25, -0.2) is 0 Å². The van der Waals surface area contributed by atoms with E-state index >= 15 is 0 Å². The van der Waals surface area contributed by atoms with E-state index in [1.165, 1.54) is 0 Å². The number of Topliss-reactive ketones (excluding diaryl/α,β-unsaturated/α-hetero) is 1. The van der Waals surface area contributed by atoms with Crippen LogP contribution in [0.15, 0.2) is 24.3 Å². The molecular weight excluding hydrogens is 220 g/mol. The van der Waals surface area contributed by atoms with E-state index < -0.39 is 0 Å². The second-order valence-electron chi connectivity index (χ2n) is 3.69. The Morgan fingerprint density at radius 1 is 1.44 bits per heavy atom. The molecule has 0 aliphatic heterocycles. The van der Waals surface area contributed by atoms with Crippen LogP contribution in [0.25, 0.3) is 0 Å². The summed E-state index contributed by atoms with van der Waals surface area (Å²) in [5, 5.41) is 0. The highest BCUT2D eigenvalue weighted by atomic mass is 32.2. The van der Waals surface area contributed by atoms with E-state index in [4.69, 9.17) is 4.74 Å². The van der Waals surface area contributed by atoms with Gasteiger partial charge in [0.1, 0.15) is 0 Å². The zero-order chi connectivity index (χ0) is 11.8. The minimum Gasteiger partial charge on any atom is -0.385 e. The molecule has 1 aromatic rings. The summed E-state index contributed by atoms with van der Waals surface area (Å²) in [5.74, 6) is 1.75. The second-order valence-corrected chi connectivity index (χ2v) is 4.80. The predicted octanol–water partition coefficient (Wildman–Crippen LogP) is 2.95. The zero-order valence-corrected chi connectivity index (χ0v) is 10.7. The lowest BCUT2D eigenvalue weighted by Gasteiger charge is -2.02. The Balaban J connectivity index is 2.30. The molecule has 0 aliphatic rings. The van der Waals surface area contributed by atoms with Crippen LogP contribution >= 0.6 is 11.8 Å². The van der Waals surface area contributed by atoms with Crippen LogP contribution in [0.3, 0.4) is 0 Å². The van der Waals surface area contributed by atoms with E-state index in [0.717, 1.165) is 29.9 Å². The van der Waals surface area contributed by atoms with Crippen LogP contribution < -0.4 is 0 Å². The molecule has 1 rings (SSSR count). The molecule has 2 nitrogen and oxygen atoms in total. The highest BCUT2D eigenvalue weighted by Gasteiger charge is 2.05. The third-order valence-corrected chi connectivity index (χ3v) is 3.25. The van der Waals surface area contributed by atoms with Crippen molar-refractivity contribution in [2.45, 2.75) is 13.3 Å². The number of methoxy groups -OCH3 is 1. The summed E-state index contributed by atoms with van der Waals surface area (Å²) in [5.41, 5.74) is 1.95. The van der Waals surface area contributed by atoms with Crippen LogP contribution in [-0.4, -0.2) is 31.0 Å². The Hall–Kier alpha value is -0.800. The topological polar surface area (TPSA) is 26.3 Å². The molecule has 0 fully saturated rings. The fraction of sp³-hybridized carbons (Fsp3) is 0.462. The van der Waals surface area contributed by atoms with E-state index in [1.54, 1.807) is 18.9 Å². The maximum atomic E-state index is 11.8. The molecule has 0 heterocycles. The van der Waals surface area contributed by atoms with Crippen molar-refractivity contribution < 1.29 is 9.53 Å². The quantitative estimate of drug-likeness (QED) is 0.539. The normalized spacial score (nSPS) is 10.4. The molecule has 0 aromatic heterocycles. The molecule has 0 amide bonds. The Morgan fingerprint density at radius 2 is 2.25 bits per heavy atom. The van der Waals surface area contributed by atoms with Gasteiger partial charge in [-0.15, -0.1) is 0 Å². The van der Waals surface area contributed by atoms with Gasteiger partial charge in [0.05, 0.1) is 5.75 Å². The monoisotopic (exact) mass is 238 g/mol. The Morgan fingerprint density at radius 3 is 2.94 bits per heavy atom. The summed E-state index contributed by atoms with van der Waals surface area (Å²) >= 11 is 1.67. The smallest absolute Gasteiger partial charge is 0.172 e. The summed E-state index contributed by atoms with van der Waals surface area (Å²) < 4.78 is 4.95. The number of ketones is 1. The molecule has 0 saturated carbocycles. The lowest BCUT2D eigenvalue weighted by atomic mass is 10.1. The highest BCUT2D eigenvalue weighted by Crippen LogP contribution is 2.10. The molecule has 1 aromatic carbocycles. The first-order chi connectivity index (χ1) is 7.74. The summed E-state index contributed by atoms with van der Waals surface area (Å²) in [6.07, 6.45) is 1.00. The standard InChI is InChI=1S/C13H18O2S/c1-11-5-3-6-12(9-11)13(14)10-16-8-4-7-15-2/h3,5-6,9H,4,7-8,10H2,1-2H3. The molecule has 3 heteroatoms. The average molecular weight is 238 g/mol. The number of aryl methyl sites for hydroxylation is 1. The van der Waals surface area contributed by atoms with Gasteiger partial charge in [-0.05, 0) is 25.2 Å². The van der Waals surface area contributed by atoms with Crippen LogP contribution in [0, 0.1) is 6.92 Å². The maximum absolute atomic E-state index is 11.8. The number of hydrogen-bond acceptors (Lipinski definition) is 3. The Kier molecular flexibility index (Phi) is 6.19. The fourth-order valence-corrected chi connectivity index (χ4v) is 2.19. The maximum Gasteiger partial charge on any atom is 0.172 e. The Labute approximate surface area is 101 Å². The van der Waals surface area contributed by atoms with Gasteiger partial charge in [0.2, 0.25) is 0 Å². The number of hydrogen-bond donors (Lipinski definition) is 0. The summed E-state index contributed by atoms with van der Waals surface area (Å²) in [6, 6.07) is 7.75.